The van der Waals surface area contributed by atoms with Crippen molar-refractivity contribution in [2.24, 2.45) is 7.05 Å². The van der Waals surface area contributed by atoms with Crippen molar-refractivity contribution in [2.45, 2.75) is 45.5 Å². The quantitative estimate of drug-likeness (QED) is 0.854. The third-order valence-electron chi connectivity index (χ3n) is 4.90. The van der Waals surface area contributed by atoms with E-state index < -0.39 is 12.3 Å². The highest BCUT2D eigenvalue weighted by Crippen LogP contribution is 2.26. The Morgan fingerprint density at radius 1 is 1.32 bits per heavy atom. The molecule has 1 aliphatic rings. The number of rotatable bonds is 4. The number of aromatic nitrogens is 2. The summed E-state index contributed by atoms with van der Waals surface area (Å²) in [5.74, 6) is 0. The summed E-state index contributed by atoms with van der Waals surface area (Å²) in [5.41, 5.74) is 3.99. The van der Waals surface area contributed by atoms with Crippen LogP contribution >= 0.6 is 0 Å². The summed E-state index contributed by atoms with van der Waals surface area (Å²) in [4.78, 5) is 14.0. The fraction of sp³-hybridized carbons (Fsp3) is 0.474. The minimum atomic E-state index is -1.01. The van der Waals surface area contributed by atoms with Crippen molar-refractivity contribution in [1.82, 2.24) is 14.7 Å². The Kier molecular flexibility index (Phi) is 5.06. The number of ether oxygens (including phenoxy) is 1. The first kappa shape index (κ1) is 17.5. The molecule has 1 aromatic carbocycles. The monoisotopic (exact) mass is 345 g/mol. The third kappa shape index (κ3) is 3.83. The van der Waals surface area contributed by atoms with Gasteiger partial charge in [0.2, 0.25) is 0 Å². The maximum absolute atomic E-state index is 14.0. The molecule has 0 radical (unpaired) electrons. The summed E-state index contributed by atoms with van der Waals surface area (Å²) in [6, 6.07) is 9.30. The zero-order chi connectivity index (χ0) is 18.0. The van der Waals surface area contributed by atoms with E-state index in [4.69, 9.17) is 4.74 Å². The lowest BCUT2D eigenvalue weighted by Gasteiger charge is -2.24. The Hall–Kier alpha value is -2.37. The molecule has 1 aliphatic heterocycles. The molecule has 2 atom stereocenters. The molecule has 0 unspecified atom stereocenters. The molecular weight excluding hydrogens is 321 g/mol. The molecule has 5 nitrogen and oxygen atoms in total. The zero-order valence-corrected chi connectivity index (χ0v) is 14.9. The van der Waals surface area contributed by atoms with Gasteiger partial charge in [0.15, 0.2) is 0 Å². The molecule has 134 valence electrons. The summed E-state index contributed by atoms with van der Waals surface area (Å²) in [6.45, 7) is 4.24. The van der Waals surface area contributed by atoms with Gasteiger partial charge < -0.3 is 9.64 Å². The van der Waals surface area contributed by atoms with Gasteiger partial charge in [0.05, 0.1) is 12.2 Å². The topological polar surface area (TPSA) is 47.4 Å². The molecule has 1 aromatic heterocycles. The molecule has 1 amide bonds. The predicted octanol–water partition coefficient (Wildman–Crippen LogP) is 3.33. The van der Waals surface area contributed by atoms with Gasteiger partial charge in [-0.25, -0.2) is 9.18 Å². The molecule has 2 heterocycles. The van der Waals surface area contributed by atoms with Gasteiger partial charge in [0, 0.05) is 25.2 Å². The van der Waals surface area contributed by atoms with E-state index in [2.05, 4.69) is 5.10 Å². The first-order chi connectivity index (χ1) is 12.0. The summed E-state index contributed by atoms with van der Waals surface area (Å²) < 4.78 is 21.2. The summed E-state index contributed by atoms with van der Waals surface area (Å²) in [5, 5.41) is 4.41. The lowest BCUT2D eigenvalue weighted by molar-refractivity contribution is 0.0906. The highest BCUT2D eigenvalue weighted by Gasteiger charge is 2.37. The molecule has 0 spiro atoms. The molecule has 1 fully saturated rings. The highest BCUT2D eigenvalue weighted by molar-refractivity contribution is 5.68. The minimum absolute atomic E-state index is 0.0939. The Bertz CT molecular complexity index is 745. The predicted molar refractivity (Wildman–Crippen MR) is 93.0 cm³/mol. The number of carbonyl (C=O) groups excluding carboxylic acids is 1. The average molecular weight is 345 g/mol. The standard InChI is InChI=1S/C19H24FN3O2/c1-13-18(14(2)22(3)21-13)10-17-9-16(20)11-23(17)19(24)25-12-15-7-5-4-6-8-15/h4-8,16-17H,9-12H2,1-3H3/t16-,17-/m1/s1. The van der Waals surface area contributed by atoms with Gasteiger partial charge in [0.1, 0.15) is 12.8 Å². The van der Waals surface area contributed by atoms with Crippen LogP contribution in [0.4, 0.5) is 9.18 Å². The number of amides is 1. The summed E-state index contributed by atoms with van der Waals surface area (Å²) in [7, 11) is 1.89. The van der Waals surface area contributed by atoms with Crippen LogP contribution in [0, 0.1) is 13.8 Å². The second kappa shape index (κ2) is 7.25. The molecule has 2 aromatic rings. The molecule has 0 saturated carbocycles. The number of hydrogen-bond acceptors (Lipinski definition) is 3. The van der Waals surface area contributed by atoms with Gasteiger partial charge in [-0.15, -0.1) is 0 Å². The number of hydrogen-bond donors (Lipinski definition) is 0. The van der Waals surface area contributed by atoms with E-state index in [1.807, 2.05) is 55.9 Å². The smallest absolute Gasteiger partial charge is 0.410 e. The Morgan fingerprint density at radius 2 is 2.04 bits per heavy atom. The number of likely N-dealkylation sites (tertiary alicyclic amines) is 1. The largest absolute Gasteiger partial charge is 0.445 e. The van der Waals surface area contributed by atoms with Crippen molar-refractivity contribution >= 4 is 6.09 Å². The van der Waals surface area contributed by atoms with Crippen LogP contribution in [0.25, 0.3) is 0 Å². The number of carbonyl (C=O) groups is 1. The van der Waals surface area contributed by atoms with Gasteiger partial charge in [-0.1, -0.05) is 30.3 Å². The number of alkyl halides is 1. The van der Waals surface area contributed by atoms with Crippen molar-refractivity contribution in [2.75, 3.05) is 6.54 Å². The van der Waals surface area contributed by atoms with Crippen molar-refractivity contribution in [3.8, 4) is 0 Å². The van der Waals surface area contributed by atoms with Crippen LogP contribution in [0.5, 0.6) is 0 Å². The van der Waals surface area contributed by atoms with Crippen LogP contribution in [-0.4, -0.2) is 39.5 Å². The lowest BCUT2D eigenvalue weighted by atomic mass is 10.0. The fourth-order valence-corrected chi connectivity index (χ4v) is 3.43. The summed E-state index contributed by atoms with van der Waals surface area (Å²) in [6.07, 6.45) is -0.514. The highest BCUT2D eigenvalue weighted by atomic mass is 19.1. The molecule has 1 saturated heterocycles. The van der Waals surface area contributed by atoms with E-state index in [-0.39, 0.29) is 19.2 Å². The number of nitrogens with zero attached hydrogens (tertiary/aromatic N) is 3. The molecule has 25 heavy (non-hydrogen) atoms. The second-order valence-electron chi connectivity index (χ2n) is 6.66. The Balaban J connectivity index is 1.67. The Labute approximate surface area is 147 Å². The summed E-state index contributed by atoms with van der Waals surface area (Å²) >= 11 is 0. The molecule has 0 bridgehead atoms. The van der Waals surface area contributed by atoms with Crippen LogP contribution in [-0.2, 0) is 24.8 Å². The van der Waals surface area contributed by atoms with E-state index in [0.717, 1.165) is 22.5 Å². The van der Waals surface area contributed by atoms with Crippen LogP contribution < -0.4 is 0 Å². The second-order valence-corrected chi connectivity index (χ2v) is 6.66. The number of benzene rings is 1. The van der Waals surface area contributed by atoms with Gasteiger partial charge in [-0.05, 0) is 31.4 Å². The third-order valence-corrected chi connectivity index (χ3v) is 4.90. The SMILES string of the molecule is Cc1nn(C)c(C)c1C[C@H]1C[C@@H](F)CN1C(=O)OCc1ccccc1. The van der Waals surface area contributed by atoms with Gasteiger partial charge in [0.25, 0.3) is 0 Å². The maximum Gasteiger partial charge on any atom is 0.410 e. The van der Waals surface area contributed by atoms with E-state index in [1.54, 1.807) is 0 Å². The molecule has 0 aliphatic carbocycles. The molecule has 6 heteroatoms. The normalized spacial score (nSPS) is 20.1. The number of halogens is 1. The van der Waals surface area contributed by atoms with Crippen LogP contribution in [0.1, 0.15) is 28.9 Å². The number of aryl methyl sites for hydroxylation is 2. The van der Waals surface area contributed by atoms with E-state index >= 15 is 0 Å². The lowest BCUT2D eigenvalue weighted by Crippen LogP contribution is -2.37. The first-order valence-electron chi connectivity index (χ1n) is 8.56. The molecule has 3 rings (SSSR count). The van der Waals surface area contributed by atoms with E-state index in [0.29, 0.717) is 12.8 Å². The van der Waals surface area contributed by atoms with Gasteiger partial charge in [-0.2, -0.15) is 5.10 Å². The maximum atomic E-state index is 14.0. The van der Waals surface area contributed by atoms with Crippen molar-refractivity contribution in [3.05, 3.63) is 52.8 Å². The molecular formula is C19H24FN3O2. The first-order valence-corrected chi connectivity index (χ1v) is 8.56. The fourth-order valence-electron chi connectivity index (χ4n) is 3.43. The van der Waals surface area contributed by atoms with E-state index in [9.17, 15) is 9.18 Å². The minimum Gasteiger partial charge on any atom is -0.445 e. The van der Waals surface area contributed by atoms with Crippen molar-refractivity contribution < 1.29 is 13.9 Å². The van der Waals surface area contributed by atoms with Crippen LogP contribution in [0.3, 0.4) is 0 Å². The Morgan fingerprint density at radius 3 is 2.68 bits per heavy atom. The zero-order valence-electron chi connectivity index (χ0n) is 14.9. The average Bonchev–Trinajstić information content (AvgIpc) is 3.08. The van der Waals surface area contributed by atoms with Gasteiger partial charge in [-0.3, -0.25) is 4.68 Å². The molecule has 0 N–H and O–H groups in total. The van der Waals surface area contributed by atoms with Crippen molar-refractivity contribution in [3.63, 3.8) is 0 Å². The van der Waals surface area contributed by atoms with Crippen LogP contribution in [0.15, 0.2) is 30.3 Å². The van der Waals surface area contributed by atoms with E-state index in [1.165, 1.54) is 4.90 Å². The van der Waals surface area contributed by atoms with Crippen LogP contribution in [0.2, 0.25) is 0 Å². The van der Waals surface area contributed by atoms with Crippen molar-refractivity contribution in [1.29, 1.82) is 0 Å². The van der Waals surface area contributed by atoms with Gasteiger partial charge >= 0.3 is 6.09 Å².